The fourth-order valence-corrected chi connectivity index (χ4v) is 3.08. The second kappa shape index (κ2) is 3.64. The molecule has 0 aromatic rings. The zero-order valence-corrected chi connectivity index (χ0v) is 10.6. The molecular formula is C13H20O4. The largest absolute Gasteiger partial charge is 0.389 e. The van der Waals surface area contributed by atoms with Crippen molar-refractivity contribution in [2.24, 2.45) is 5.41 Å². The molecule has 1 saturated carbocycles. The van der Waals surface area contributed by atoms with Gasteiger partial charge in [0.05, 0.1) is 12.7 Å². The van der Waals surface area contributed by atoms with E-state index in [1.54, 1.807) is 26.0 Å². The van der Waals surface area contributed by atoms with Gasteiger partial charge >= 0.3 is 0 Å². The SMILES string of the molecule is C[C@H](O)/C=C/[C@@]1(O)[C@@]2(C)CO[C@]1(C)CC(=O)C2. The molecule has 0 amide bonds. The van der Waals surface area contributed by atoms with Crippen LogP contribution in [-0.2, 0) is 9.53 Å². The van der Waals surface area contributed by atoms with E-state index in [1.165, 1.54) is 0 Å². The highest BCUT2D eigenvalue weighted by atomic mass is 16.5. The summed E-state index contributed by atoms with van der Waals surface area (Å²) >= 11 is 0. The zero-order valence-electron chi connectivity index (χ0n) is 10.6. The van der Waals surface area contributed by atoms with E-state index in [1.807, 2.05) is 6.92 Å². The summed E-state index contributed by atoms with van der Waals surface area (Å²) < 4.78 is 5.68. The van der Waals surface area contributed by atoms with E-state index in [9.17, 15) is 15.0 Å². The van der Waals surface area contributed by atoms with Crippen molar-refractivity contribution in [2.45, 2.75) is 50.9 Å². The molecule has 2 aliphatic rings. The standard InChI is InChI=1S/C13H20O4/c1-9(14)4-5-13(16)11(2)6-10(15)7-12(13,3)17-8-11/h4-5,9,14,16H,6-8H2,1-3H3/b5-4+/t9-,11+,12+,13+/m0/s1. The summed E-state index contributed by atoms with van der Waals surface area (Å²) in [7, 11) is 0. The normalized spacial score (nSPS) is 47.7. The van der Waals surface area contributed by atoms with Crippen LogP contribution in [0, 0.1) is 5.41 Å². The van der Waals surface area contributed by atoms with Crippen LogP contribution in [0.15, 0.2) is 12.2 Å². The van der Waals surface area contributed by atoms with Crippen LogP contribution in [0.4, 0.5) is 0 Å². The number of hydrogen-bond acceptors (Lipinski definition) is 4. The Kier molecular flexibility index (Phi) is 2.73. The number of Topliss-reactive ketones (excluding diaryl/α,β-unsaturated/α-hetero) is 1. The molecule has 1 heterocycles. The van der Waals surface area contributed by atoms with Crippen molar-refractivity contribution < 1.29 is 19.7 Å². The van der Waals surface area contributed by atoms with E-state index in [0.29, 0.717) is 13.0 Å². The molecule has 96 valence electrons. The molecule has 4 nitrogen and oxygen atoms in total. The Hall–Kier alpha value is -0.710. The predicted octanol–water partition coefficient (Wildman–Crippen LogP) is 0.813. The van der Waals surface area contributed by atoms with Crippen LogP contribution in [-0.4, -0.2) is 39.9 Å². The summed E-state index contributed by atoms with van der Waals surface area (Å²) in [6, 6.07) is 0. The van der Waals surface area contributed by atoms with E-state index >= 15 is 0 Å². The third-order valence-electron chi connectivity index (χ3n) is 4.17. The third kappa shape index (κ3) is 1.66. The molecule has 2 bridgehead atoms. The van der Waals surface area contributed by atoms with Crippen molar-refractivity contribution >= 4 is 5.78 Å². The first-order chi connectivity index (χ1) is 7.72. The van der Waals surface area contributed by atoms with Gasteiger partial charge in [-0.1, -0.05) is 19.1 Å². The first-order valence-electron chi connectivity index (χ1n) is 5.98. The summed E-state index contributed by atoms with van der Waals surface area (Å²) in [6.45, 7) is 5.63. The second-order valence-corrected chi connectivity index (χ2v) is 5.84. The molecule has 0 aromatic carbocycles. The summed E-state index contributed by atoms with van der Waals surface area (Å²) in [5, 5.41) is 20.2. The minimum absolute atomic E-state index is 0.127. The van der Waals surface area contributed by atoms with E-state index in [-0.39, 0.29) is 12.2 Å². The molecule has 1 aliphatic carbocycles. The van der Waals surface area contributed by atoms with Gasteiger partial charge in [-0.2, -0.15) is 0 Å². The Labute approximate surface area is 101 Å². The van der Waals surface area contributed by atoms with Crippen LogP contribution < -0.4 is 0 Å². The van der Waals surface area contributed by atoms with Crippen molar-refractivity contribution in [3.05, 3.63) is 12.2 Å². The summed E-state index contributed by atoms with van der Waals surface area (Å²) in [4.78, 5) is 11.7. The molecule has 0 radical (unpaired) electrons. The Morgan fingerprint density at radius 3 is 2.59 bits per heavy atom. The highest BCUT2D eigenvalue weighted by Gasteiger charge is 2.67. The lowest BCUT2D eigenvalue weighted by atomic mass is 9.59. The maximum absolute atomic E-state index is 11.7. The molecular weight excluding hydrogens is 220 g/mol. The highest BCUT2D eigenvalue weighted by Crippen LogP contribution is 2.56. The van der Waals surface area contributed by atoms with Gasteiger partial charge in [-0.15, -0.1) is 0 Å². The lowest BCUT2D eigenvalue weighted by Crippen LogP contribution is -2.60. The number of rotatable bonds is 2. The molecule has 0 aromatic heterocycles. The zero-order chi connectivity index (χ0) is 12.9. The van der Waals surface area contributed by atoms with Crippen molar-refractivity contribution in [1.82, 2.24) is 0 Å². The van der Waals surface area contributed by atoms with Gasteiger partial charge < -0.3 is 14.9 Å². The Morgan fingerprint density at radius 1 is 1.41 bits per heavy atom. The number of hydrogen-bond donors (Lipinski definition) is 2. The van der Waals surface area contributed by atoms with Gasteiger partial charge in [-0.3, -0.25) is 4.79 Å². The Balaban J connectivity index is 2.42. The number of aliphatic hydroxyl groups is 2. The van der Waals surface area contributed by atoms with E-state index in [0.717, 1.165) is 0 Å². The van der Waals surface area contributed by atoms with Crippen molar-refractivity contribution in [3.63, 3.8) is 0 Å². The van der Waals surface area contributed by atoms with E-state index in [4.69, 9.17) is 4.74 Å². The molecule has 0 spiro atoms. The van der Waals surface area contributed by atoms with Crippen LogP contribution in [0.3, 0.4) is 0 Å². The monoisotopic (exact) mass is 240 g/mol. The molecule has 1 saturated heterocycles. The Morgan fingerprint density at radius 2 is 2.06 bits per heavy atom. The van der Waals surface area contributed by atoms with Crippen LogP contribution in [0.25, 0.3) is 0 Å². The maximum Gasteiger partial charge on any atom is 0.136 e. The lowest BCUT2D eigenvalue weighted by Gasteiger charge is -2.47. The van der Waals surface area contributed by atoms with Crippen LogP contribution in [0.1, 0.15) is 33.6 Å². The van der Waals surface area contributed by atoms with Crippen LogP contribution in [0.2, 0.25) is 0 Å². The number of aliphatic hydroxyl groups excluding tert-OH is 1. The summed E-state index contributed by atoms with van der Waals surface area (Å²) in [6.07, 6.45) is 3.09. The minimum atomic E-state index is -1.19. The maximum atomic E-state index is 11.7. The fraction of sp³-hybridized carbons (Fsp3) is 0.769. The van der Waals surface area contributed by atoms with Crippen LogP contribution >= 0.6 is 0 Å². The average Bonchev–Trinajstić information content (AvgIpc) is 2.33. The van der Waals surface area contributed by atoms with Crippen LogP contribution in [0.5, 0.6) is 0 Å². The number of carbonyl (C=O) groups is 1. The summed E-state index contributed by atoms with van der Waals surface area (Å²) in [5.41, 5.74) is -2.66. The molecule has 0 unspecified atom stereocenters. The topological polar surface area (TPSA) is 66.8 Å². The molecule has 4 atom stereocenters. The average molecular weight is 240 g/mol. The minimum Gasteiger partial charge on any atom is -0.389 e. The van der Waals surface area contributed by atoms with Gasteiger partial charge in [0.15, 0.2) is 0 Å². The van der Waals surface area contributed by atoms with E-state index in [2.05, 4.69) is 0 Å². The number of carbonyl (C=O) groups excluding carboxylic acids is 1. The highest BCUT2D eigenvalue weighted by molar-refractivity contribution is 5.82. The third-order valence-corrected chi connectivity index (χ3v) is 4.17. The van der Waals surface area contributed by atoms with Gasteiger partial charge in [-0.25, -0.2) is 0 Å². The molecule has 1 aliphatic heterocycles. The molecule has 2 N–H and O–H groups in total. The number of ether oxygens (including phenoxy) is 1. The quantitative estimate of drug-likeness (QED) is 0.701. The Bertz CT molecular complexity index is 352. The number of ketones is 1. The number of fused-ring (bicyclic) bond motifs is 2. The van der Waals surface area contributed by atoms with Crippen molar-refractivity contribution in [3.8, 4) is 0 Å². The van der Waals surface area contributed by atoms with Gasteiger partial charge in [-0.05, 0) is 13.8 Å². The molecule has 4 heteroatoms. The van der Waals surface area contributed by atoms with E-state index < -0.39 is 22.7 Å². The fourth-order valence-electron chi connectivity index (χ4n) is 3.08. The van der Waals surface area contributed by atoms with Gasteiger partial charge in [0.2, 0.25) is 0 Å². The molecule has 17 heavy (non-hydrogen) atoms. The van der Waals surface area contributed by atoms with Crippen molar-refractivity contribution in [2.75, 3.05) is 6.61 Å². The smallest absolute Gasteiger partial charge is 0.136 e. The molecule has 2 fully saturated rings. The van der Waals surface area contributed by atoms with Gasteiger partial charge in [0.25, 0.3) is 0 Å². The first kappa shape index (κ1) is 12.7. The predicted molar refractivity (Wildman–Crippen MR) is 62.5 cm³/mol. The second-order valence-electron chi connectivity index (χ2n) is 5.84. The van der Waals surface area contributed by atoms with Gasteiger partial charge in [0.1, 0.15) is 17.0 Å². The van der Waals surface area contributed by atoms with Crippen molar-refractivity contribution in [1.29, 1.82) is 0 Å². The summed E-state index contributed by atoms with van der Waals surface area (Å²) in [5.74, 6) is 0.127. The molecule has 2 rings (SSSR count). The lowest BCUT2D eigenvalue weighted by molar-refractivity contribution is -0.151. The van der Waals surface area contributed by atoms with Gasteiger partial charge in [0, 0.05) is 18.3 Å². The first-order valence-corrected chi connectivity index (χ1v) is 5.98.